The molecule has 0 heterocycles. The van der Waals surface area contributed by atoms with E-state index in [0.717, 1.165) is 10.5 Å². The monoisotopic (exact) mass is 574 g/mol. The molecule has 2 amide bonds. The summed E-state index contributed by atoms with van der Waals surface area (Å²) in [4.78, 5) is 26.9. The molecular weight excluding hydrogens is 558 g/mol. The molecule has 4 aromatic carbocycles. The van der Waals surface area contributed by atoms with Gasteiger partial charge in [-0.15, -0.1) is 11.8 Å². The fourth-order valence-corrected chi connectivity index (χ4v) is 5.49. The van der Waals surface area contributed by atoms with Gasteiger partial charge in [0.25, 0.3) is 5.91 Å². The number of rotatable bonds is 7. The van der Waals surface area contributed by atoms with Crippen molar-refractivity contribution in [2.24, 2.45) is 0 Å². The van der Waals surface area contributed by atoms with Gasteiger partial charge in [-0.25, -0.2) is 0 Å². The van der Waals surface area contributed by atoms with Crippen molar-refractivity contribution in [3.63, 3.8) is 0 Å². The van der Waals surface area contributed by atoms with Gasteiger partial charge in [0.15, 0.2) is 0 Å². The summed E-state index contributed by atoms with van der Waals surface area (Å²) < 4.78 is 0. The summed E-state index contributed by atoms with van der Waals surface area (Å²) in [6, 6.07) is 26.2. The highest BCUT2D eigenvalue weighted by Gasteiger charge is 2.23. The van der Waals surface area contributed by atoms with Crippen molar-refractivity contribution in [2.75, 3.05) is 10.6 Å². The van der Waals surface area contributed by atoms with Gasteiger partial charge in [-0.1, -0.05) is 82.8 Å². The fraction of sp³-hybridized carbons (Fsp3) is 0.0370. The molecule has 36 heavy (non-hydrogen) atoms. The van der Waals surface area contributed by atoms with Gasteiger partial charge in [0.05, 0.1) is 10.6 Å². The van der Waals surface area contributed by atoms with E-state index in [9.17, 15) is 9.59 Å². The number of amides is 2. The van der Waals surface area contributed by atoms with Crippen LogP contribution in [0, 0.1) is 0 Å². The second-order valence-corrected chi connectivity index (χ2v) is 10.6. The van der Waals surface area contributed by atoms with E-state index in [-0.39, 0.29) is 16.8 Å². The van der Waals surface area contributed by atoms with Gasteiger partial charge in [-0.05, 0) is 60.2 Å². The van der Waals surface area contributed by atoms with Crippen molar-refractivity contribution >= 4 is 81.4 Å². The van der Waals surface area contributed by atoms with Crippen molar-refractivity contribution in [3.05, 3.63) is 122 Å². The summed E-state index contributed by atoms with van der Waals surface area (Å²) in [5, 5.41) is 6.70. The number of benzene rings is 4. The van der Waals surface area contributed by atoms with Crippen molar-refractivity contribution in [3.8, 4) is 0 Å². The van der Waals surface area contributed by atoms with E-state index in [1.165, 1.54) is 17.8 Å². The Morgan fingerprint density at radius 2 is 1.39 bits per heavy atom. The average molecular weight is 576 g/mol. The van der Waals surface area contributed by atoms with Crippen molar-refractivity contribution in [1.82, 2.24) is 0 Å². The van der Waals surface area contributed by atoms with Crippen molar-refractivity contribution < 1.29 is 9.59 Å². The highest BCUT2D eigenvalue weighted by Crippen LogP contribution is 2.37. The predicted octanol–water partition coefficient (Wildman–Crippen LogP) is 9.02. The molecule has 0 radical (unpaired) electrons. The van der Waals surface area contributed by atoms with Crippen LogP contribution in [0.5, 0.6) is 0 Å². The highest BCUT2D eigenvalue weighted by molar-refractivity contribution is 8.00. The largest absolute Gasteiger partial charge is 0.325 e. The molecule has 4 aromatic rings. The van der Waals surface area contributed by atoms with Crippen LogP contribution in [0.25, 0.3) is 0 Å². The molecule has 2 N–H and O–H groups in total. The first-order valence-corrected chi connectivity index (χ1v) is 13.0. The van der Waals surface area contributed by atoms with Crippen molar-refractivity contribution in [1.29, 1.82) is 0 Å². The molecule has 0 aliphatic carbocycles. The number of carbonyl (C=O) groups is 2. The predicted molar refractivity (Wildman–Crippen MR) is 151 cm³/mol. The van der Waals surface area contributed by atoms with E-state index in [2.05, 4.69) is 10.6 Å². The minimum atomic E-state index is -0.583. The number of thioether (sulfide) groups is 1. The molecule has 0 saturated carbocycles. The molecular formula is C27H18Cl4N2O2S. The Morgan fingerprint density at radius 3 is 2.08 bits per heavy atom. The first-order valence-electron chi connectivity index (χ1n) is 10.6. The quantitative estimate of drug-likeness (QED) is 0.216. The van der Waals surface area contributed by atoms with Crippen LogP contribution in [0.15, 0.2) is 95.9 Å². The average Bonchev–Trinajstić information content (AvgIpc) is 2.82. The first-order chi connectivity index (χ1) is 17.3. The van der Waals surface area contributed by atoms with Gasteiger partial charge in [0, 0.05) is 31.3 Å². The second kappa shape index (κ2) is 12.0. The van der Waals surface area contributed by atoms with Gasteiger partial charge < -0.3 is 10.6 Å². The summed E-state index contributed by atoms with van der Waals surface area (Å²) in [7, 11) is 0. The molecule has 182 valence electrons. The third-order valence-corrected chi connectivity index (χ3v) is 7.22. The van der Waals surface area contributed by atoms with Crippen LogP contribution in [0.2, 0.25) is 20.1 Å². The maximum Gasteiger partial charge on any atom is 0.257 e. The zero-order valence-corrected chi connectivity index (χ0v) is 22.3. The summed E-state index contributed by atoms with van der Waals surface area (Å²) >= 11 is 25.6. The minimum Gasteiger partial charge on any atom is -0.325 e. The Hall–Kier alpha value is -2.67. The zero-order valence-electron chi connectivity index (χ0n) is 18.5. The Morgan fingerprint density at radius 1 is 0.667 bits per heavy atom. The normalized spacial score (nSPS) is 11.6. The van der Waals surface area contributed by atoms with Crippen LogP contribution >= 0.6 is 58.2 Å². The fourth-order valence-electron chi connectivity index (χ4n) is 3.39. The molecule has 9 heteroatoms. The smallest absolute Gasteiger partial charge is 0.257 e. The van der Waals surface area contributed by atoms with Crippen LogP contribution in [0.1, 0.15) is 21.2 Å². The summed E-state index contributed by atoms with van der Waals surface area (Å²) in [5.74, 6) is -0.610. The molecule has 4 nitrogen and oxygen atoms in total. The van der Waals surface area contributed by atoms with E-state index < -0.39 is 5.25 Å². The highest BCUT2D eigenvalue weighted by atomic mass is 35.5. The lowest BCUT2D eigenvalue weighted by atomic mass is 10.1. The standard InChI is InChI=1S/C27H18Cl4N2O2S/c28-17-9-10-23(24(31)14-17)26(34)32-20-7-4-8-22(15-20)36-25(16-5-2-1-3-6-16)27(35)33-21-12-18(29)11-19(30)13-21/h1-15,25H,(H,32,34)(H,33,35). The van der Waals surface area contributed by atoms with Crippen LogP contribution in [0.3, 0.4) is 0 Å². The second-order valence-electron chi connectivity index (χ2n) is 7.66. The number of nitrogens with one attached hydrogen (secondary N) is 2. The summed E-state index contributed by atoms with van der Waals surface area (Å²) in [6.45, 7) is 0. The molecule has 0 aliphatic heterocycles. The van der Waals surface area contributed by atoms with E-state index in [1.54, 1.807) is 48.5 Å². The Bertz CT molecular complexity index is 1400. The van der Waals surface area contributed by atoms with E-state index in [1.807, 2.05) is 36.4 Å². The molecule has 0 saturated heterocycles. The van der Waals surface area contributed by atoms with Gasteiger partial charge in [-0.3, -0.25) is 9.59 Å². The molecule has 0 aliphatic rings. The van der Waals surface area contributed by atoms with Crippen LogP contribution in [-0.2, 0) is 4.79 Å². The van der Waals surface area contributed by atoms with Gasteiger partial charge >= 0.3 is 0 Å². The maximum absolute atomic E-state index is 13.3. The maximum atomic E-state index is 13.3. The molecule has 1 atom stereocenters. The SMILES string of the molecule is O=C(Nc1cccc(SC(C(=O)Nc2cc(Cl)cc(Cl)c2)c2ccccc2)c1)c1ccc(Cl)cc1Cl. The van der Waals surface area contributed by atoms with E-state index in [4.69, 9.17) is 46.4 Å². The third kappa shape index (κ3) is 6.96. The first kappa shape index (κ1) is 26.4. The van der Waals surface area contributed by atoms with Crippen LogP contribution < -0.4 is 10.6 Å². The lowest BCUT2D eigenvalue weighted by Gasteiger charge is -2.18. The lowest BCUT2D eigenvalue weighted by Crippen LogP contribution is -2.19. The zero-order chi connectivity index (χ0) is 25.7. The topological polar surface area (TPSA) is 58.2 Å². The number of hydrogen-bond acceptors (Lipinski definition) is 3. The summed E-state index contributed by atoms with van der Waals surface area (Å²) in [6.07, 6.45) is 0. The Labute approximate surface area is 232 Å². The Balaban J connectivity index is 1.56. The molecule has 0 aromatic heterocycles. The van der Waals surface area contributed by atoms with Gasteiger partial charge in [-0.2, -0.15) is 0 Å². The summed E-state index contributed by atoms with van der Waals surface area (Å²) in [5.41, 5.74) is 2.18. The van der Waals surface area contributed by atoms with E-state index >= 15 is 0 Å². The van der Waals surface area contributed by atoms with Crippen LogP contribution in [-0.4, -0.2) is 11.8 Å². The minimum absolute atomic E-state index is 0.244. The molecule has 0 fully saturated rings. The molecule has 4 rings (SSSR count). The van der Waals surface area contributed by atoms with Gasteiger partial charge in [0.1, 0.15) is 5.25 Å². The molecule has 1 unspecified atom stereocenters. The Kier molecular flexibility index (Phi) is 8.83. The third-order valence-electron chi connectivity index (χ3n) is 4.99. The number of hydrogen-bond donors (Lipinski definition) is 2. The lowest BCUT2D eigenvalue weighted by molar-refractivity contribution is -0.115. The number of carbonyl (C=O) groups excluding carboxylic acids is 2. The van der Waals surface area contributed by atoms with E-state index in [0.29, 0.717) is 32.0 Å². The number of halogens is 4. The van der Waals surface area contributed by atoms with Crippen LogP contribution in [0.4, 0.5) is 11.4 Å². The van der Waals surface area contributed by atoms with Crippen molar-refractivity contribution in [2.45, 2.75) is 10.1 Å². The van der Waals surface area contributed by atoms with Gasteiger partial charge in [0.2, 0.25) is 5.91 Å². The molecule has 0 spiro atoms. The molecule has 0 bridgehead atoms. The number of anilines is 2.